The first-order valence-electron chi connectivity index (χ1n) is 8.74. The molecule has 4 rings (SSSR count). The number of aromatic nitrogens is 2. The van der Waals surface area contributed by atoms with Crippen LogP contribution in [0.15, 0.2) is 41.9 Å². The second-order valence-electron chi connectivity index (χ2n) is 6.46. The predicted molar refractivity (Wildman–Crippen MR) is 105 cm³/mol. The Bertz CT molecular complexity index is 946. The molecule has 3 aromatic rings. The van der Waals surface area contributed by atoms with Crippen molar-refractivity contribution in [2.45, 2.75) is 12.8 Å². The molecule has 1 fully saturated rings. The number of pyridine rings is 1. The van der Waals surface area contributed by atoms with Crippen LogP contribution >= 0.6 is 11.3 Å². The van der Waals surface area contributed by atoms with Crippen LogP contribution in [0.4, 0.5) is 5.82 Å². The molecule has 0 aromatic carbocycles. The minimum Gasteiger partial charge on any atom is -0.310 e. The number of likely N-dealkylation sites (tertiary alicyclic amines) is 1. The van der Waals surface area contributed by atoms with Crippen molar-refractivity contribution in [1.82, 2.24) is 14.3 Å². The number of hydrogen-bond donors (Lipinski definition) is 1. The van der Waals surface area contributed by atoms with Crippen LogP contribution in [-0.4, -0.2) is 39.8 Å². The van der Waals surface area contributed by atoms with Gasteiger partial charge in [0.25, 0.3) is 0 Å². The molecule has 5 nitrogen and oxygen atoms in total. The Morgan fingerprint density at radius 2 is 2.15 bits per heavy atom. The number of amides is 1. The molecule has 3 aromatic heterocycles. The van der Waals surface area contributed by atoms with Crippen LogP contribution in [0.25, 0.3) is 16.2 Å². The zero-order chi connectivity index (χ0) is 17.9. The van der Waals surface area contributed by atoms with E-state index in [0.29, 0.717) is 6.54 Å². The van der Waals surface area contributed by atoms with Gasteiger partial charge in [0.15, 0.2) is 0 Å². The van der Waals surface area contributed by atoms with Crippen LogP contribution in [0.3, 0.4) is 0 Å². The van der Waals surface area contributed by atoms with Gasteiger partial charge in [0, 0.05) is 12.1 Å². The van der Waals surface area contributed by atoms with E-state index in [4.69, 9.17) is 11.4 Å². The number of carbonyl (C=O) groups excluding carboxylic acids is 1. The van der Waals surface area contributed by atoms with Gasteiger partial charge < -0.3 is 5.32 Å². The molecule has 6 heteroatoms. The summed E-state index contributed by atoms with van der Waals surface area (Å²) >= 11 is 1.62. The van der Waals surface area contributed by atoms with E-state index in [1.807, 2.05) is 46.3 Å². The number of nitrogens with zero attached hydrogens (tertiary/aromatic N) is 3. The molecule has 4 heterocycles. The van der Waals surface area contributed by atoms with Crippen molar-refractivity contribution >= 4 is 28.7 Å². The molecule has 0 saturated carbocycles. The van der Waals surface area contributed by atoms with Crippen molar-refractivity contribution in [3.8, 4) is 22.9 Å². The predicted octanol–water partition coefficient (Wildman–Crippen LogP) is 3.35. The quantitative estimate of drug-likeness (QED) is 0.723. The Balaban J connectivity index is 1.58. The minimum absolute atomic E-state index is 0.00877. The Hall–Kier alpha value is -2.62. The minimum atomic E-state index is 0.00877. The van der Waals surface area contributed by atoms with Gasteiger partial charge in [-0.3, -0.25) is 14.1 Å². The van der Waals surface area contributed by atoms with Gasteiger partial charge in [-0.2, -0.15) is 0 Å². The summed E-state index contributed by atoms with van der Waals surface area (Å²) in [6, 6.07) is 9.87. The third kappa shape index (κ3) is 3.24. The lowest BCUT2D eigenvalue weighted by Gasteiger charge is -2.29. The first-order chi connectivity index (χ1) is 12.8. The summed E-state index contributed by atoms with van der Waals surface area (Å²) in [5.41, 5.74) is 1.65. The SMILES string of the molecule is C#CCN1CCC(C(=O)Nc2c(-c3cccs3)nc3ccccn23)CC1. The van der Waals surface area contributed by atoms with Crippen LogP contribution < -0.4 is 5.32 Å². The topological polar surface area (TPSA) is 49.6 Å². The Morgan fingerprint density at radius 1 is 1.31 bits per heavy atom. The summed E-state index contributed by atoms with van der Waals surface area (Å²) in [7, 11) is 0. The monoisotopic (exact) mass is 364 g/mol. The number of thiophene rings is 1. The summed E-state index contributed by atoms with van der Waals surface area (Å²) in [5.74, 6) is 3.50. The van der Waals surface area contributed by atoms with Crippen LogP contribution in [-0.2, 0) is 4.79 Å². The van der Waals surface area contributed by atoms with E-state index in [-0.39, 0.29) is 11.8 Å². The summed E-state index contributed by atoms with van der Waals surface area (Å²) in [6.45, 7) is 2.39. The fourth-order valence-electron chi connectivity index (χ4n) is 3.40. The fraction of sp³-hybridized carbons (Fsp3) is 0.300. The van der Waals surface area contributed by atoms with Gasteiger partial charge in [-0.25, -0.2) is 4.98 Å². The fourth-order valence-corrected chi connectivity index (χ4v) is 4.12. The molecule has 1 saturated heterocycles. The highest BCUT2D eigenvalue weighted by molar-refractivity contribution is 7.13. The zero-order valence-corrected chi connectivity index (χ0v) is 15.2. The van der Waals surface area contributed by atoms with E-state index in [2.05, 4.69) is 16.1 Å². The Labute approximate surface area is 156 Å². The second kappa shape index (κ2) is 7.32. The van der Waals surface area contributed by atoms with Gasteiger partial charge in [0.2, 0.25) is 5.91 Å². The molecule has 0 atom stereocenters. The molecule has 0 aliphatic carbocycles. The van der Waals surface area contributed by atoms with E-state index >= 15 is 0 Å². The summed E-state index contributed by atoms with van der Waals surface area (Å²) in [6.07, 6.45) is 8.98. The van der Waals surface area contributed by atoms with E-state index in [0.717, 1.165) is 48.0 Å². The van der Waals surface area contributed by atoms with Crippen molar-refractivity contribution in [2.24, 2.45) is 5.92 Å². The smallest absolute Gasteiger partial charge is 0.228 e. The van der Waals surface area contributed by atoms with Gasteiger partial charge in [-0.1, -0.05) is 18.1 Å². The lowest BCUT2D eigenvalue weighted by Crippen LogP contribution is -2.38. The highest BCUT2D eigenvalue weighted by Gasteiger charge is 2.26. The molecule has 0 spiro atoms. The number of hydrogen-bond acceptors (Lipinski definition) is 4. The first-order valence-corrected chi connectivity index (χ1v) is 9.62. The summed E-state index contributed by atoms with van der Waals surface area (Å²) in [5, 5.41) is 5.17. The van der Waals surface area contributed by atoms with Gasteiger partial charge in [-0.05, 0) is 49.5 Å². The summed E-state index contributed by atoms with van der Waals surface area (Å²) < 4.78 is 1.94. The van der Waals surface area contributed by atoms with E-state index in [9.17, 15) is 4.79 Å². The standard InChI is InChI=1S/C20H20N4OS/c1-2-10-23-12-8-15(9-13-23)20(25)22-19-18(16-6-5-14-26-16)21-17-7-3-4-11-24(17)19/h1,3-7,11,14-15H,8-10,12-13H2,(H,22,25). The molecular weight excluding hydrogens is 344 g/mol. The molecule has 1 N–H and O–H groups in total. The van der Waals surface area contributed by atoms with Crippen LogP contribution in [0.1, 0.15) is 12.8 Å². The third-order valence-electron chi connectivity index (χ3n) is 4.80. The Morgan fingerprint density at radius 3 is 2.88 bits per heavy atom. The maximum absolute atomic E-state index is 12.9. The number of piperidine rings is 1. The van der Waals surface area contributed by atoms with Crippen LogP contribution in [0.5, 0.6) is 0 Å². The summed E-state index contributed by atoms with van der Waals surface area (Å²) in [4.78, 5) is 20.9. The van der Waals surface area contributed by atoms with Crippen molar-refractivity contribution in [2.75, 3.05) is 25.0 Å². The molecule has 0 bridgehead atoms. The molecule has 0 unspecified atom stereocenters. The van der Waals surface area contributed by atoms with Gasteiger partial charge in [-0.15, -0.1) is 17.8 Å². The first kappa shape index (κ1) is 16.8. The number of imidazole rings is 1. The highest BCUT2D eigenvalue weighted by atomic mass is 32.1. The number of fused-ring (bicyclic) bond motifs is 1. The molecule has 132 valence electrons. The number of rotatable bonds is 4. The largest absolute Gasteiger partial charge is 0.310 e. The van der Waals surface area contributed by atoms with Crippen LogP contribution in [0.2, 0.25) is 0 Å². The van der Waals surface area contributed by atoms with Crippen molar-refractivity contribution in [3.63, 3.8) is 0 Å². The average molecular weight is 364 g/mol. The highest BCUT2D eigenvalue weighted by Crippen LogP contribution is 2.32. The van der Waals surface area contributed by atoms with Crippen molar-refractivity contribution < 1.29 is 4.79 Å². The average Bonchev–Trinajstić information content (AvgIpc) is 3.31. The molecule has 1 aliphatic heterocycles. The second-order valence-corrected chi connectivity index (χ2v) is 7.41. The molecule has 1 amide bonds. The van der Waals surface area contributed by atoms with E-state index in [1.54, 1.807) is 11.3 Å². The number of anilines is 1. The number of terminal acetylenes is 1. The molecular formula is C20H20N4OS. The van der Waals surface area contributed by atoms with E-state index < -0.39 is 0 Å². The van der Waals surface area contributed by atoms with Crippen molar-refractivity contribution in [1.29, 1.82) is 0 Å². The molecule has 1 aliphatic rings. The van der Waals surface area contributed by atoms with Crippen molar-refractivity contribution in [3.05, 3.63) is 41.9 Å². The maximum Gasteiger partial charge on any atom is 0.228 e. The lowest BCUT2D eigenvalue weighted by molar-refractivity contribution is -0.121. The molecule has 26 heavy (non-hydrogen) atoms. The molecule has 0 radical (unpaired) electrons. The van der Waals surface area contributed by atoms with Gasteiger partial charge in [0.05, 0.1) is 11.4 Å². The van der Waals surface area contributed by atoms with Gasteiger partial charge in [0.1, 0.15) is 17.2 Å². The number of nitrogens with one attached hydrogen (secondary N) is 1. The maximum atomic E-state index is 12.9. The Kier molecular flexibility index (Phi) is 4.74. The normalized spacial score (nSPS) is 15.8. The third-order valence-corrected chi connectivity index (χ3v) is 5.68. The lowest BCUT2D eigenvalue weighted by atomic mass is 9.96. The van der Waals surface area contributed by atoms with Gasteiger partial charge >= 0.3 is 0 Å². The van der Waals surface area contributed by atoms with Crippen LogP contribution in [0, 0.1) is 18.3 Å². The number of carbonyl (C=O) groups is 1. The van der Waals surface area contributed by atoms with E-state index in [1.165, 1.54) is 0 Å². The zero-order valence-electron chi connectivity index (χ0n) is 14.4.